The lowest BCUT2D eigenvalue weighted by Gasteiger charge is -2.14. The van der Waals surface area contributed by atoms with Gasteiger partial charge in [0.1, 0.15) is 21.5 Å². The number of carbonyl (C=O) groups is 1. The Morgan fingerprint density at radius 2 is 1.79 bits per heavy atom. The molecule has 3 heterocycles. The summed E-state index contributed by atoms with van der Waals surface area (Å²) in [4.78, 5) is 33.7. The van der Waals surface area contributed by atoms with E-state index in [1.807, 2.05) is 43.3 Å². The molecule has 2 aromatic heterocycles. The van der Waals surface area contributed by atoms with Crippen molar-refractivity contribution < 1.29 is 9.53 Å². The second-order valence-electron chi connectivity index (χ2n) is 9.74. The Kier molecular flexibility index (Phi) is 10.2. The molecular weight excluding hydrogens is 528 g/mol. The topological polar surface area (TPSA) is 75.9 Å². The first-order valence-corrected chi connectivity index (χ1v) is 14.8. The summed E-state index contributed by atoms with van der Waals surface area (Å²) in [6.45, 7) is 5.32. The van der Waals surface area contributed by atoms with Crippen molar-refractivity contribution in [3.05, 3.63) is 74.5 Å². The van der Waals surface area contributed by atoms with Gasteiger partial charge in [0.05, 0.1) is 17.6 Å². The lowest BCUT2D eigenvalue weighted by atomic mass is 10.1. The Hall–Kier alpha value is -3.17. The highest BCUT2D eigenvalue weighted by Crippen LogP contribution is 2.33. The fourth-order valence-electron chi connectivity index (χ4n) is 4.49. The van der Waals surface area contributed by atoms with E-state index in [0.717, 1.165) is 29.7 Å². The molecule has 1 amide bonds. The number of benzene rings is 1. The van der Waals surface area contributed by atoms with Gasteiger partial charge in [-0.05, 0) is 55.2 Å². The molecule has 1 aliphatic heterocycles. The SMILES string of the molecule is CCCCCCCCNc1nc2ccc(C)cn2c(=O)c1/C=C1\SC(=S)N(CCc2ccc(OC)cc2)C1=O. The predicted molar refractivity (Wildman–Crippen MR) is 165 cm³/mol. The number of anilines is 1. The molecule has 7 nitrogen and oxygen atoms in total. The highest BCUT2D eigenvalue weighted by Gasteiger charge is 2.32. The summed E-state index contributed by atoms with van der Waals surface area (Å²) in [7, 11) is 1.63. The van der Waals surface area contributed by atoms with Crippen LogP contribution in [0.5, 0.6) is 5.75 Å². The molecule has 4 rings (SSSR count). The van der Waals surface area contributed by atoms with Crippen LogP contribution < -0.4 is 15.6 Å². The number of fused-ring (bicyclic) bond motifs is 1. The average molecular weight is 565 g/mol. The van der Waals surface area contributed by atoms with Crippen molar-refractivity contribution in [3.8, 4) is 5.75 Å². The van der Waals surface area contributed by atoms with Crippen LogP contribution in [0.3, 0.4) is 0 Å². The number of ether oxygens (including phenoxy) is 1. The van der Waals surface area contributed by atoms with Gasteiger partial charge in [0, 0.05) is 19.3 Å². The number of nitrogens with one attached hydrogen (secondary N) is 1. The summed E-state index contributed by atoms with van der Waals surface area (Å²) < 4.78 is 7.26. The maximum absolute atomic E-state index is 13.6. The van der Waals surface area contributed by atoms with Gasteiger partial charge in [-0.2, -0.15) is 0 Å². The fourth-order valence-corrected chi connectivity index (χ4v) is 5.78. The molecule has 1 aromatic carbocycles. The van der Waals surface area contributed by atoms with Crippen molar-refractivity contribution in [1.29, 1.82) is 0 Å². The molecule has 0 atom stereocenters. The molecule has 39 heavy (non-hydrogen) atoms. The van der Waals surface area contributed by atoms with Crippen molar-refractivity contribution in [2.45, 2.75) is 58.8 Å². The first kappa shape index (κ1) is 28.8. The van der Waals surface area contributed by atoms with Crippen molar-refractivity contribution in [3.63, 3.8) is 0 Å². The minimum absolute atomic E-state index is 0.186. The van der Waals surface area contributed by atoms with Crippen LogP contribution in [0.4, 0.5) is 5.82 Å². The molecule has 9 heteroatoms. The molecule has 1 fully saturated rings. The van der Waals surface area contributed by atoms with Crippen molar-refractivity contribution in [1.82, 2.24) is 14.3 Å². The zero-order valence-corrected chi connectivity index (χ0v) is 24.5. The number of rotatable bonds is 13. The van der Waals surface area contributed by atoms with E-state index >= 15 is 0 Å². The van der Waals surface area contributed by atoms with Crippen LogP contribution in [0.15, 0.2) is 52.3 Å². The zero-order chi connectivity index (χ0) is 27.8. The molecule has 0 spiro atoms. The number of unbranched alkanes of at least 4 members (excludes halogenated alkanes) is 5. The van der Waals surface area contributed by atoms with Crippen LogP contribution in [0.1, 0.15) is 62.1 Å². The summed E-state index contributed by atoms with van der Waals surface area (Å²) in [6, 6.07) is 11.6. The van der Waals surface area contributed by atoms with Crippen LogP contribution >= 0.6 is 24.0 Å². The van der Waals surface area contributed by atoms with Gasteiger partial charge in [-0.3, -0.25) is 18.9 Å². The summed E-state index contributed by atoms with van der Waals surface area (Å²) in [5.74, 6) is 1.11. The third-order valence-corrected chi connectivity index (χ3v) is 8.14. The molecule has 0 aliphatic carbocycles. The van der Waals surface area contributed by atoms with Gasteiger partial charge in [-0.25, -0.2) is 4.98 Å². The summed E-state index contributed by atoms with van der Waals surface area (Å²) in [5.41, 5.74) is 2.77. The van der Waals surface area contributed by atoms with Gasteiger partial charge in [-0.1, -0.05) is 81.2 Å². The molecular formula is C30H36N4O3S2. The molecule has 0 unspecified atom stereocenters. The van der Waals surface area contributed by atoms with E-state index in [1.165, 1.54) is 37.4 Å². The maximum Gasteiger partial charge on any atom is 0.267 e. The number of amides is 1. The largest absolute Gasteiger partial charge is 0.497 e. The summed E-state index contributed by atoms with van der Waals surface area (Å²) in [6.07, 6.45) is 11.1. The minimum Gasteiger partial charge on any atom is -0.497 e. The van der Waals surface area contributed by atoms with Gasteiger partial charge in [0.15, 0.2) is 0 Å². The zero-order valence-electron chi connectivity index (χ0n) is 22.9. The predicted octanol–water partition coefficient (Wildman–Crippen LogP) is 6.23. The van der Waals surface area contributed by atoms with Gasteiger partial charge in [0.25, 0.3) is 11.5 Å². The van der Waals surface area contributed by atoms with E-state index in [-0.39, 0.29) is 11.5 Å². The highest BCUT2D eigenvalue weighted by molar-refractivity contribution is 8.26. The lowest BCUT2D eigenvalue weighted by molar-refractivity contribution is -0.122. The minimum atomic E-state index is -0.211. The Morgan fingerprint density at radius 1 is 1.05 bits per heavy atom. The number of carbonyl (C=O) groups excluding carboxylic acids is 1. The van der Waals surface area contributed by atoms with Crippen LogP contribution in [-0.2, 0) is 11.2 Å². The van der Waals surface area contributed by atoms with Crippen LogP contribution in [0, 0.1) is 6.92 Å². The van der Waals surface area contributed by atoms with Crippen LogP contribution in [0.2, 0.25) is 0 Å². The monoisotopic (exact) mass is 564 g/mol. The summed E-state index contributed by atoms with van der Waals surface area (Å²) >= 11 is 6.78. The first-order chi connectivity index (χ1) is 18.9. The number of pyridine rings is 1. The van der Waals surface area contributed by atoms with Gasteiger partial charge < -0.3 is 10.1 Å². The van der Waals surface area contributed by atoms with Crippen molar-refractivity contribution in [2.75, 3.05) is 25.5 Å². The molecule has 206 valence electrons. The number of nitrogens with zero attached hydrogens (tertiary/aromatic N) is 3. The van der Waals surface area contributed by atoms with E-state index < -0.39 is 0 Å². The molecule has 0 saturated carbocycles. The Bertz CT molecular complexity index is 1420. The second-order valence-corrected chi connectivity index (χ2v) is 11.4. The Balaban J connectivity index is 1.54. The van der Waals surface area contributed by atoms with E-state index in [0.29, 0.717) is 45.8 Å². The first-order valence-electron chi connectivity index (χ1n) is 13.6. The molecule has 1 N–H and O–H groups in total. The van der Waals surface area contributed by atoms with E-state index in [4.69, 9.17) is 21.9 Å². The van der Waals surface area contributed by atoms with Crippen molar-refractivity contribution in [2.24, 2.45) is 0 Å². The van der Waals surface area contributed by atoms with E-state index in [2.05, 4.69) is 12.2 Å². The number of aryl methyl sites for hydroxylation is 1. The molecule has 1 aliphatic rings. The fraction of sp³-hybridized carbons (Fsp3) is 0.400. The van der Waals surface area contributed by atoms with Gasteiger partial charge >= 0.3 is 0 Å². The normalized spacial score (nSPS) is 14.5. The van der Waals surface area contributed by atoms with Crippen molar-refractivity contribution >= 4 is 51.7 Å². The number of thioether (sulfide) groups is 1. The van der Waals surface area contributed by atoms with E-state index in [1.54, 1.807) is 28.7 Å². The number of aromatic nitrogens is 2. The number of hydrogen-bond acceptors (Lipinski definition) is 7. The third-order valence-electron chi connectivity index (χ3n) is 6.76. The highest BCUT2D eigenvalue weighted by atomic mass is 32.2. The van der Waals surface area contributed by atoms with Gasteiger partial charge in [0.2, 0.25) is 0 Å². The van der Waals surface area contributed by atoms with Crippen LogP contribution in [0.25, 0.3) is 11.7 Å². The average Bonchev–Trinajstić information content (AvgIpc) is 3.21. The quantitative estimate of drug-likeness (QED) is 0.150. The third kappa shape index (κ3) is 7.28. The Labute approximate surface area is 239 Å². The second kappa shape index (κ2) is 13.8. The Morgan fingerprint density at radius 3 is 2.54 bits per heavy atom. The number of methoxy groups -OCH3 is 1. The summed E-state index contributed by atoms with van der Waals surface area (Å²) in [5, 5.41) is 3.37. The van der Waals surface area contributed by atoms with Crippen LogP contribution in [-0.4, -0.2) is 44.7 Å². The standard InChI is InChI=1S/C30H36N4O3S2/c1-4-5-6-7-8-9-17-31-27-24(28(35)34-20-21(2)10-15-26(34)32-27)19-25-29(36)33(30(38)39-25)18-16-22-11-13-23(37-3)14-12-22/h10-15,19-20,31H,4-9,16-18H2,1-3H3/b25-19-. The maximum atomic E-state index is 13.6. The smallest absolute Gasteiger partial charge is 0.267 e. The number of thiocarbonyl (C=S) groups is 1. The molecule has 0 bridgehead atoms. The van der Waals surface area contributed by atoms with Gasteiger partial charge in [-0.15, -0.1) is 0 Å². The molecule has 3 aromatic rings. The number of hydrogen-bond donors (Lipinski definition) is 1. The molecule has 1 saturated heterocycles. The molecule has 0 radical (unpaired) electrons. The lowest BCUT2D eigenvalue weighted by Crippen LogP contribution is -2.30. The van der Waals surface area contributed by atoms with E-state index in [9.17, 15) is 9.59 Å².